The van der Waals surface area contributed by atoms with Crippen LogP contribution in [0.25, 0.3) is 0 Å². The van der Waals surface area contributed by atoms with Crippen molar-refractivity contribution in [2.45, 2.75) is 25.8 Å². The summed E-state index contributed by atoms with van der Waals surface area (Å²) < 4.78 is 0. The van der Waals surface area contributed by atoms with Gasteiger partial charge in [0.2, 0.25) is 0 Å². The average molecular weight is 200 g/mol. The van der Waals surface area contributed by atoms with Crippen LogP contribution < -0.4 is 10.6 Å². The van der Waals surface area contributed by atoms with Gasteiger partial charge in [0.15, 0.2) is 0 Å². The van der Waals surface area contributed by atoms with Crippen molar-refractivity contribution < 1.29 is 19.5 Å². The van der Waals surface area contributed by atoms with Gasteiger partial charge in [0, 0.05) is 0 Å². The summed E-state index contributed by atoms with van der Waals surface area (Å²) in [5.74, 6) is -1.92. The maximum Gasteiger partial charge on any atom is 0.322 e. The van der Waals surface area contributed by atoms with Gasteiger partial charge in [0.1, 0.15) is 5.54 Å². The van der Waals surface area contributed by atoms with Gasteiger partial charge in [-0.15, -0.1) is 0 Å². The molecule has 0 aromatic heterocycles. The van der Waals surface area contributed by atoms with Crippen LogP contribution >= 0.6 is 0 Å². The fraction of sp³-hybridized carbons (Fsp3) is 0.625. The molecule has 1 saturated heterocycles. The maximum atomic E-state index is 11.3. The second-order valence-electron chi connectivity index (χ2n) is 3.61. The molecule has 14 heavy (non-hydrogen) atoms. The first-order valence-electron chi connectivity index (χ1n) is 4.21. The molecule has 0 saturated carbocycles. The summed E-state index contributed by atoms with van der Waals surface area (Å²) in [5.41, 5.74) is -1.12. The lowest BCUT2D eigenvalue weighted by Gasteiger charge is -2.26. The quantitative estimate of drug-likeness (QED) is 0.545. The van der Waals surface area contributed by atoms with Crippen LogP contribution in [0.3, 0.4) is 0 Å². The molecule has 2 atom stereocenters. The number of nitrogens with one attached hydrogen (secondary N) is 2. The molecule has 2 unspecified atom stereocenters. The summed E-state index contributed by atoms with van der Waals surface area (Å²) in [4.78, 5) is 32.7. The van der Waals surface area contributed by atoms with Gasteiger partial charge in [-0.05, 0) is 12.8 Å². The van der Waals surface area contributed by atoms with E-state index >= 15 is 0 Å². The van der Waals surface area contributed by atoms with Crippen molar-refractivity contribution in [2.24, 2.45) is 5.92 Å². The van der Waals surface area contributed by atoms with Crippen molar-refractivity contribution in [3.63, 3.8) is 0 Å². The van der Waals surface area contributed by atoms with E-state index < -0.39 is 29.4 Å². The van der Waals surface area contributed by atoms with E-state index in [1.165, 1.54) is 6.92 Å². The summed E-state index contributed by atoms with van der Waals surface area (Å²) >= 11 is 0. The van der Waals surface area contributed by atoms with Crippen molar-refractivity contribution in [3.8, 4) is 0 Å². The van der Waals surface area contributed by atoms with Crippen LogP contribution in [0.2, 0.25) is 0 Å². The molecule has 0 aromatic rings. The molecule has 3 N–H and O–H groups in total. The minimum Gasteiger partial charge on any atom is -0.481 e. The third kappa shape index (κ3) is 1.68. The van der Waals surface area contributed by atoms with E-state index in [9.17, 15) is 14.4 Å². The third-order valence-corrected chi connectivity index (χ3v) is 2.54. The number of aliphatic carboxylic acids is 1. The van der Waals surface area contributed by atoms with Gasteiger partial charge < -0.3 is 10.4 Å². The summed E-state index contributed by atoms with van der Waals surface area (Å²) in [6, 6.07) is -0.574. The zero-order valence-corrected chi connectivity index (χ0v) is 7.96. The molecule has 1 rings (SSSR count). The zero-order valence-electron chi connectivity index (χ0n) is 7.96. The second kappa shape index (κ2) is 3.28. The van der Waals surface area contributed by atoms with Gasteiger partial charge in [0.25, 0.3) is 5.91 Å². The smallest absolute Gasteiger partial charge is 0.322 e. The SMILES string of the molecule is CC(CC(=O)O)C1(C)NC(=O)NC1=O. The van der Waals surface area contributed by atoms with Gasteiger partial charge in [-0.25, -0.2) is 4.79 Å². The molecule has 3 amide bonds. The fourth-order valence-electron chi connectivity index (χ4n) is 1.37. The Kier molecular flexibility index (Phi) is 2.46. The third-order valence-electron chi connectivity index (χ3n) is 2.54. The molecule has 0 aliphatic carbocycles. The lowest BCUT2D eigenvalue weighted by Crippen LogP contribution is -2.49. The monoisotopic (exact) mass is 200 g/mol. The maximum absolute atomic E-state index is 11.3. The highest BCUT2D eigenvalue weighted by Crippen LogP contribution is 2.23. The number of imide groups is 1. The fourth-order valence-corrected chi connectivity index (χ4v) is 1.37. The van der Waals surface area contributed by atoms with Crippen LogP contribution in [-0.2, 0) is 9.59 Å². The Morgan fingerprint density at radius 2 is 2.14 bits per heavy atom. The standard InChI is InChI=1S/C8H12N2O4/c1-4(3-5(11)12)8(2)6(13)9-7(14)10-8/h4H,3H2,1-2H3,(H,11,12)(H2,9,10,13,14). The van der Waals surface area contributed by atoms with Crippen LogP contribution in [0.1, 0.15) is 20.3 Å². The van der Waals surface area contributed by atoms with Crippen molar-refractivity contribution in [1.82, 2.24) is 10.6 Å². The van der Waals surface area contributed by atoms with E-state index in [1.54, 1.807) is 6.92 Å². The van der Waals surface area contributed by atoms with Gasteiger partial charge in [-0.1, -0.05) is 6.92 Å². The van der Waals surface area contributed by atoms with Gasteiger partial charge >= 0.3 is 12.0 Å². The van der Waals surface area contributed by atoms with Gasteiger partial charge in [-0.3, -0.25) is 14.9 Å². The second-order valence-corrected chi connectivity index (χ2v) is 3.61. The van der Waals surface area contributed by atoms with Crippen molar-refractivity contribution in [2.75, 3.05) is 0 Å². The molecule has 0 radical (unpaired) electrons. The minimum atomic E-state index is -1.12. The molecule has 6 nitrogen and oxygen atoms in total. The normalized spacial score (nSPS) is 28.1. The number of rotatable bonds is 3. The Morgan fingerprint density at radius 3 is 2.50 bits per heavy atom. The summed E-state index contributed by atoms with van der Waals surface area (Å²) in [6.07, 6.45) is -0.163. The molecule has 1 aliphatic heterocycles. The number of carbonyl (C=O) groups is 3. The van der Waals surface area contributed by atoms with Crippen LogP contribution in [0.5, 0.6) is 0 Å². The predicted octanol–water partition coefficient (Wildman–Crippen LogP) is -0.305. The molecule has 1 heterocycles. The van der Waals surface area contributed by atoms with E-state index in [4.69, 9.17) is 5.11 Å². The summed E-state index contributed by atoms with van der Waals surface area (Å²) in [5, 5.41) is 13.1. The van der Waals surface area contributed by atoms with E-state index in [0.29, 0.717) is 0 Å². The topological polar surface area (TPSA) is 95.5 Å². The van der Waals surface area contributed by atoms with Crippen LogP contribution in [0.15, 0.2) is 0 Å². The molecule has 78 valence electrons. The van der Waals surface area contributed by atoms with Crippen LogP contribution in [0.4, 0.5) is 4.79 Å². The number of carboxylic acids is 1. The van der Waals surface area contributed by atoms with Gasteiger partial charge in [0.05, 0.1) is 6.42 Å². The Balaban J connectivity index is 2.79. The van der Waals surface area contributed by atoms with Gasteiger partial charge in [-0.2, -0.15) is 0 Å². The predicted molar refractivity (Wildman–Crippen MR) is 46.5 cm³/mol. The Hall–Kier alpha value is -1.59. The number of amides is 3. The van der Waals surface area contributed by atoms with Crippen molar-refractivity contribution in [3.05, 3.63) is 0 Å². The number of urea groups is 1. The molecule has 1 aliphatic rings. The van der Waals surface area contributed by atoms with Crippen molar-refractivity contribution >= 4 is 17.9 Å². The highest BCUT2D eigenvalue weighted by molar-refractivity contribution is 6.07. The molecular weight excluding hydrogens is 188 g/mol. The first kappa shape index (κ1) is 10.5. The Morgan fingerprint density at radius 1 is 1.57 bits per heavy atom. The largest absolute Gasteiger partial charge is 0.481 e. The Bertz CT molecular complexity index is 302. The molecule has 6 heteroatoms. The lowest BCUT2D eigenvalue weighted by molar-refractivity contribution is -0.139. The number of carbonyl (C=O) groups excluding carboxylic acids is 2. The van der Waals surface area contributed by atoms with Crippen molar-refractivity contribution in [1.29, 1.82) is 0 Å². The number of hydrogen-bond acceptors (Lipinski definition) is 3. The number of hydrogen-bond donors (Lipinski definition) is 3. The molecule has 0 aromatic carbocycles. The molecular formula is C8H12N2O4. The van der Waals surface area contributed by atoms with E-state index in [1.807, 2.05) is 0 Å². The first-order chi connectivity index (χ1) is 6.36. The summed E-state index contributed by atoms with van der Waals surface area (Å²) in [7, 11) is 0. The lowest BCUT2D eigenvalue weighted by atomic mass is 9.85. The molecule has 0 bridgehead atoms. The zero-order chi connectivity index (χ0) is 10.9. The van der Waals surface area contributed by atoms with Crippen LogP contribution in [-0.4, -0.2) is 28.6 Å². The highest BCUT2D eigenvalue weighted by atomic mass is 16.4. The molecule has 0 spiro atoms. The first-order valence-corrected chi connectivity index (χ1v) is 4.21. The Labute approximate surface area is 80.7 Å². The van der Waals surface area contributed by atoms with E-state index in [0.717, 1.165) is 0 Å². The van der Waals surface area contributed by atoms with Crippen LogP contribution in [0, 0.1) is 5.92 Å². The summed E-state index contributed by atoms with van der Waals surface area (Å²) in [6.45, 7) is 3.13. The van der Waals surface area contributed by atoms with E-state index in [-0.39, 0.29) is 6.42 Å². The van der Waals surface area contributed by atoms with E-state index in [2.05, 4.69) is 10.6 Å². The minimum absolute atomic E-state index is 0.163. The highest BCUT2D eigenvalue weighted by Gasteiger charge is 2.46. The average Bonchev–Trinajstić information content (AvgIpc) is 2.25. The molecule has 1 fully saturated rings. The number of carboxylic acid groups (broad SMARTS) is 1.